The van der Waals surface area contributed by atoms with Crippen molar-refractivity contribution in [2.45, 2.75) is 6.54 Å². The molecule has 0 aliphatic carbocycles. The van der Waals surface area contributed by atoms with Crippen LogP contribution in [0.15, 0.2) is 54.7 Å². The van der Waals surface area contributed by atoms with Gasteiger partial charge in [0.05, 0.1) is 17.9 Å². The van der Waals surface area contributed by atoms with E-state index in [9.17, 15) is 9.59 Å². The van der Waals surface area contributed by atoms with Gasteiger partial charge in [-0.2, -0.15) is 0 Å². The fraction of sp³-hybridized carbons (Fsp3) is 0.133. The molecule has 0 atom stereocenters. The minimum Gasteiger partial charge on any atom is -0.321 e. The van der Waals surface area contributed by atoms with E-state index in [-0.39, 0.29) is 0 Å². The van der Waals surface area contributed by atoms with Crippen LogP contribution in [0.2, 0.25) is 0 Å². The zero-order valence-corrected chi connectivity index (χ0v) is 11.1. The number of hydrogen-bond donors (Lipinski definition) is 0. The molecule has 0 unspecified atom stereocenters. The quantitative estimate of drug-likeness (QED) is 0.799. The zero-order chi connectivity index (χ0) is 14.4. The van der Waals surface area contributed by atoms with Crippen LogP contribution in [0.4, 0.5) is 10.5 Å². The number of amides is 3. The molecule has 20 heavy (non-hydrogen) atoms. The molecule has 1 radical (unpaired) electrons. The summed E-state index contributed by atoms with van der Waals surface area (Å²) in [7, 11) is 1.62. The lowest BCUT2D eigenvalue weighted by molar-refractivity contribution is 0.216. The fourth-order valence-corrected chi connectivity index (χ4v) is 1.75. The molecule has 1 aromatic carbocycles. The smallest absolute Gasteiger partial charge is 0.321 e. The van der Waals surface area contributed by atoms with Gasteiger partial charge in [0.2, 0.25) is 0 Å². The lowest BCUT2D eigenvalue weighted by Gasteiger charge is -2.22. The molecule has 2 rings (SSSR count). The van der Waals surface area contributed by atoms with Crippen LogP contribution in [0.25, 0.3) is 0 Å². The van der Waals surface area contributed by atoms with Gasteiger partial charge in [0.1, 0.15) is 0 Å². The van der Waals surface area contributed by atoms with Crippen LogP contribution in [-0.2, 0) is 11.3 Å². The number of para-hydroxylation sites is 1. The van der Waals surface area contributed by atoms with E-state index in [4.69, 9.17) is 0 Å². The molecule has 0 saturated heterocycles. The standard InChI is InChI=1S/C15H14N3O2/c1-17(11-13-7-5-6-10-16-13)15(20)18(12-19)14-8-3-2-4-9-14/h2-10H,11H2,1H3. The van der Waals surface area contributed by atoms with Gasteiger partial charge in [-0.05, 0) is 24.3 Å². The molecule has 0 spiro atoms. The molecule has 0 aliphatic heterocycles. The number of carbonyl (C=O) groups is 1. The summed E-state index contributed by atoms with van der Waals surface area (Å²) in [6, 6.07) is 13.7. The van der Waals surface area contributed by atoms with Crippen molar-refractivity contribution in [1.29, 1.82) is 0 Å². The monoisotopic (exact) mass is 268 g/mol. The number of anilines is 1. The second-order valence-electron chi connectivity index (χ2n) is 4.22. The molecule has 0 fully saturated rings. The largest absolute Gasteiger partial charge is 0.331 e. The van der Waals surface area contributed by atoms with Crippen molar-refractivity contribution in [2.24, 2.45) is 0 Å². The minimum atomic E-state index is -0.447. The highest BCUT2D eigenvalue weighted by molar-refractivity contribution is 6.05. The maximum atomic E-state index is 12.2. The topological polar surface area (TPSA) is 53.5 Å². The number of nitrogens with zero attached hydrogens (tertiary/aromatic N) is 3. The lowest BCUT2D eigenvalue weighted by atomic mass is 10.3. The van der Waals surface area contributed by atoms with E-state index in [1.807, 2.05) is 18.2 Å². The van der Waals surface area contributed by atoms with E-state index in [1.54, 1.807) is 50.0 Å². The maximum Gasteiger partial charge on any atom is 0.331 e. The summed E-state index contributed by atoms with van der Waals surface area (Å²) in [5.41, 5.74) is 1.24. The first kappa shape index (κ1) is 13.7. The van der Waals surface area contributed by atoms with Gasteiger partial charge in [-0.15, -0.1) is 0 Å². The van der Waals surface area contributed by atoms with Crippen molar-refractivity contribution < 1.29 is 9.59 Å². The molecular formula is C15H14N3O2. The highest BCUT2D eigenvalue weighted by Crippen LogP contribution is 2.14. The number of imide groups is 1. The van der Waals surface area contributed by atoms with Gasteiger partial charge in [-0.25, -0.2) is 9.69 Å². The van der Waals surface area contributed by atoms with Gasteiger partial charge < -0.3 is 4.90 Å². The van der Waals surface area contributed by atoms with E-state index in [1.165, 1.54) is 4.90 Å². The van der Waals surface area contributed by atoms with Crippen molar-refractivity contribution in [2.75, 3.05) is 11.9 Å². The van der Waals surface area contributed by atoms with Crippen LogP contribution < -0.4 is 4.90 Å². The average molecular weight is 268 g/mol. The van der Waals surface area contributed by atoms with Gasteiger partial charge in [0.25, 0.3) is 0 Å². The second kappa shape index (κ2) is 6.47. The van der Waals surface area contributed by atoms with Gasteiger partial charge >= 0.3 is 12.4 Å². The molecule has 1 aromatic heterocycles. The molecule has 5 heteroatoms. The summed E-state index contributed by atoms with van der Waals surface area (Å²) >= 11 is 0. The average Bonchev–Trinajstić information content (AvgIpc) is 2.50. The second-order valence-corrected chi connectivity index (χ2v) is 4.22. The number of rotatable bonds is 4. The first-order chi connectivity index (χ1) is 9.72. The molecule has 0 N–H and O–H groups in total. The minimum absolute atomic E-state index is 0.324. The van der Waals surface area contributed by atoms with Crippen LogP contribution in [0, 0.1) is 0 Å². The van der Waals surface area contributed by atoms with E-state index in [0.717, 1.165) is 10.6 Å². The first-order valence-corrected chi connectivity index (χ1v) is 6.10. The van der Waals surface area contributed by atoms with Crippen molar-refractivity contribution >= 4 is 18.1 Å². The van der Waals surface area contributed by atoms with E-state index in [0.29, 0.717) is 12.2 Å². The van der Waals surface area contributed by atoms with Crippen LogP contribution in [0.3, 0.4) is 0 Å². The Morgan fingerprint density at radius 3 is 2.45 bits per heavy atom. The Labute approximate surface area is 117 Å². The van der Waals surface area contributed by atoms with E-state index < -0.39 is 6.03 Å². The number of pyridine rings is 1. The normalized spacial score (nSPS) is 9.85. The van der Waals surface area contributed by atoms with Crippen LogP contribution in [0.1, 0.15) is 5.69 Å². The molecule has 0 saturated carbocycles. The van der Waals surface area contributed by atoms with Crippen LogP contribution in [0.5, 0.6) is 0 Å². The van der Waals surface area contributed by atoms with Gasteiger partial charge in [0, 0.05) is 13.2 Å². The summed E-state index contributed by atoms with van der Waals surface area (Å²) in [5.74, 6) is 0. The number of hydrogen-bond acceptors (Lipinski definition) is 3. The zero-order valence-electron chi connectivity index (χ0n) is 11.1. The van der Waals surface area contributed by atoms with E-state index in [2.05, 4.69) is 4.98 Å². The summed E-state index contributed by atoms with van der Waals surface area (Å²) < 4.78 is 0. The number of benzene rings is 1. The number of carbonyl (C=O) groups excluding carboxylic acids is 2. The molecule has 0 aliphatic rings. The lowest BCUT2D eigenvalue weighted by Crippen LogP contribution is -2.40. The van der Waals surface area contributed by atoms with Crippen molar-refractivity contribution in [3.63, 3.8) is 0 Å². The van der Waals surface area contributed by atoms with Crippen molar-refractivity contribution in [1.82, 2.24) is 9.88 Å². The number of urea groups is 1. The van der Waals surface area contributed by atoms with Crippen LogP contribution >= 0.6 is 0 Å². The SMILES string of the molecule is CN(Cc1ccccn1)C(=O)N([C]=O)c1ccccc1. The number of aromatic nitrogens is 1. The Kier molecular flexibility index (Phi) is 4.44. The molecule has 1 heterocycles. The van der Waals surface area contributed by atoms with Gasteiger partial charge in [-0.3, -0.25) is 9.78 Å². The molecule has 5 nitrogen and oxygen atoms in total. The Hall–Kier alpha value is -2.69. The van der Waals surface area contributed by atoms with Crippen molar-refractivity contribution in [3.8, 4) is 0 Å². The Bertz CT molecular complexity index is 572. The van der Waals surface area contributed by atoms with Crippen molar-refractivity contribution in [3.05, 3.63) is 60.4 Å². The summed E-state index contributed by atoms with van der Waals surface area (Å²) in [6.07, 6.45) is 3.32. The highest BCUT2D eigenvalue weighted by atomic mass is 16.2. The third-order valence-electron chi connectivity index (χ3n) is 2.75. The Morgan fingerprint density at radius 1 is 1.15 bits per heavy atom. The Morgan fingerprint density at radius 2 is 1.85 bits per heavy atom. The summed E-state index contributed by atoms with van der Waals surface area (Å²) in [5, 5.41) is 0. The van der Waals surface area contributed by atoms with Gasteiger partial charge in [-0.1, -0.05) is 24.3 Å². The van der Waals surface area contributed by atoms with Gasteiger partial charge in [0.15, 0.2) is 0 Å². The highest BCUT2D eigenvalue weighted by Gasteiger charge is 2.20. The predicted molar refractivity (Wildman–Crippen MR) is 75.7 cm³/mol. The predicted octanol–water partition coefficient (Wildman–Crippen LogP) is 2.21. The molecule has 2 aromatic rings. The maximum absolute atomic E-state index is 12.2. The first-order valence-electron chi connectivity index (χ1n) is 6.10. The third kappa shape index (κ3) is 3.20. The summed E-state index contributed by atoms with van der Waals surface area (Å²) in [4.78, 5) is 29.8. The van der Waals surface area contributed by atoms with Crippen LogP contribution in [-0.4, -0.2) is 29.4 Å². The third-order valence-corrected chi connectivity index (χ3v) is 2.75. The Balaban J connectivity index is 2.11. The molecule has 101 valence electrons. The fourth-order valence-electron chi connectivity index (χ4n) is 1.75. The van der Waals surface area contributed by atoms with E-state index >= 15 is 0 Å². The molecule has 0 bridgehead atoms. The summed E-state index contributed by atoms with van der Waals surface area (Å²) in [6.45, 7) is 0.324. The molecule has 3 amide bonds. The molecular weight excluding hydrogens is 254 g/mol.